The van der Waals surface area contributed by atoms with Crippen LogP contribution in [0, 0.1) is 0 Å². The summed E-state index contributed by atoms with van der Waals surface area (Å²) in [7, 11) is 0. The molecule has 21 N–H and O–H groups in total. The van der Waals surface area contributed by atoms with Crippen LogP contribution >= 0.6 is 0 Å². The Balaban J connectivity index is 1.08. The molecule has 448 valence electrons. The zero-order chi connectivity index (χ0) is 56.1. The predicted octanol–water partition coefficient (Wildman–Crippen LogP) is -15.2. The van der Waals surface area contributed by atoms with Crippen molar-refractivity contribution in [2.45, 2.75) is 215 Å². The molecule has 14 bridgehead atoms. The van der Waals surface area contributed by atoms with E-state index < -0.39 is 261 Å². The van der Waals surface area contributed by atoms with Gasteiger partial charge >= 0.3 is 0 Å². The van der Waals surface area contributed by atoms with Crippen molar-refractivity contribution in [3.05, 3.63) is 0 Å². The second kappa shape index (κ2) is 26.0. The third kappa shape index (κ3) is 12.1. The van der Waals surface area contributed by atoms with E-state index in [0.29, 0.717) is 0 Å². The van der Waals surface area contributed by atoms with Crippen LogP contribution in [0.1, 0.15) is 0 Å². The SMILES string of the molecule is OC[C@H]1O[C@@H]2O[C@H]3[C@H](O)[C@@H](O)[C@@H](O[C@H]4[C@@H](O)[C@H](O)[C@@H](O[C@H]5[C@@H](O)[C@H](O)[C@@H](O[C@H]6[C@H](O)[C@@H](O)[C@@H](O[C@H]7[C@@H](O)[C@H](O)[C@@H](O[C@H]8[C@@H](O)[C@H](O)[C@@H](O[C@H]1[C@H](O)[C@H]2O)O[C@@H]8CO)O[C@@H]7CO)O[C@@H]6CO)O[C@@H]5CO)O[C@@H]4CO)O[C@@H]3CO. The molecular formula is C42H70O35. The first-order valence-corrected chi connectivity index (χ1v) is 24.6. The highest BCUT2D eigenvalue weighted by molar-refractivity contribution is 5.01. The van der Waals surface area contributed by atoms with E-state index in [4.69, 9.17) is 66.3 Å². The van der Waals surface area contributed by atoms with Crippen molar-refractivity contribution < 1.29 is 174 Å². The van der Waals surface area contributed by atoms with Crippen molar-refractivity contribution in [3.8, 4) is 0 Å². The molecule has 35 heteroatoms. The lowest BCUT2D eigenvalue weighted by molar-refractivity contribution is -0.396. The molecule has 0 aromatic carbocycles. The van der Waals surface area contributed by atoms with E-state index in [-0.39, 0.29) is 0 Å². The number of rotatable bonds is 7. The second-order valence-electron chi connectivity index (χ2n) is 19.7. The summed E-state index contributed by atoms with van der Waals surface area (Å²) in [5, 5.41) is 230. The first kappa shape index (κ1) is 61.7. The number of hydrogen-bond acceptors (Lipinski definition) is 35. The van der Waals surface area contributed by atoms with Gasteiger partial charge in [-0.2, -0.15) is 0 Å². The molecule has 0 spiro atoms. The standard InChI is InChI=1S/C42H70O35/c43-1-8-29-15(50)22(57)36(64-8)72-30-9(2-44)66-38(24(59)17(30)52)74-32-11(4-46)68-40(26(61)19(32)54)76-34-13(6-48)70-42(28(63)21(34)56)77-35-14(7-49)69-41(27(62)20(35)55)75-33-12(5-47)67-39(25(60)18(33)53)73-31-10(3-45)65-37(71-29)23(58)16(31)51/h8-63H,1-7H2/t8-,9-,10-,11-,12-,13-,14-,15-,16-,17+,18+,19+,20+,21-,22-,23-,24+,25+,26+,27+,28-,29-,30-,31-,32-,33-,34-,35-,36-,37-,38-,39-,40-,41-,42-/m1/s1. The second-order valence-corrected chi connectivity index (χ2v) is 19.7. The van der Waals surface area contributed by atoms with E-state index in [1.54, 1.807) is 0 Å². The number of ether oxygens (including phenoxy) is 14. The van der Waals surface area contributed by atoms with Crippen molar-refractivity contribution in [2.24, 2.45) is 0 Å². The Bertz CT molecular complexity index is 1470. The molecule has 0 aromatic rings. The Hall–Kier alpha value is -1.40. The predicted molar refractivity (Wildman–Crippen MR) is 228 cm³/mol. The molecule has 35 nitrogen and oxygen atoms in total. The minimum atomic E-state index is -2.21. The number of aliphatic hydroxyl groups excluding tert-OH is 21. The van der Waals surface area contributed by atoms with Crippen LogP contribution in [0.2, 0.25) is 0 Å². The largest absolute Gasteiger partial charge is 0.394 e. The fraction of sp³-hybridized carbons (Fsp3) is 1.00. The Morgan fingerprint density at radius 1 is 0.156 bits per heavy atom. The molecule has 0 amide bonds. The maximum absolute atomic E-state index is 11.3. The Morgan fingerprint density at radius 2 is 0.260 bits per heavy atom. The van der Waals surface area contributed by atoms with E-state index in [1.807, 2.05) is 0 Å². The first-order valence-electron chi connectivity index (χ1n) is 24.6. The fourth-order valence-electron chi connectivity index (χ4n) is 10.4. The maximum Gasteiger partial charge on any atom is 0.187 e. The van der Waals surface area contributed by atoms with Gasteiger partial charge in [-0.1, -0.05) is 0 Å². The van der Waals surface area contributed by atoms with Gasteiger partial charge in [-0.25, -0.2) is 0 Å². The van der Waals surface area contributed by atoms with Gasteiger partial charge in [-0.05, 0) is 0 Å². The summed E-state index contributed by atoms with van der Waals surface area (Å²) in [6, 6.07) is 0. The van der Waals surface area contributed by atoms with Gasteiger partial charge in [0.2, 0.25) is 0 Å². The highest BCUT2D eigenvalue weighted by atomic mass is 16.8. The molecule has 0 aromatic heterocycles. The molecule has 0 unspecified atom stereocenters. The van der Waals surface area contributed by atoms with Crippen LogP contribution in [-0.4, -0.2) is 368 Å². The Labute approximate surface area is 434 Å². The molecule has 0 radical (unpaired) electrons. The highest BCUT2D eigenvalue weighted by Gasteiger charge is 2.59. The summed E-state index contributed by atoms with van der Waals surface area (Å²) in [4.78, 5) is 0. The van der Waals surface area contributed by atoms with Gasteiger partial charge in [0.05, 0.1) is 46.2 Å². The smallest absolute Gasteiger partial charge is 0.187 e. The van der Waals surface area contributed by atoms with E-state index in [2.05, 4.69) is 0 Å². The zero-order valence-electron chi connectivity index (χ0n) is 40.3. The first-order chi connectivity index (χ1) is 36.7. The Morgan fingerprint density at radius 3 is 0.351 bits per heavy atom. The fourth-order valence-corrected chi connectivity index (χ4v) is 10.4. The van der Waals surface area contributed by atoms with Gasteiger partial charge in [0, 0.05) is 0 Å². The maximum atomic E-state index is 11.3. The summed E-state index contributed by atoms with van der Waals surface area (Å²) in [5.74, 6) is 0. The van der Waals surface area contributed by atoms with Gasteiger partial charge in [-0.3, -0.25) is 0 Å². The summed E-state index contributed by atoms with van der Waals surface area (Å²) < 4.78 is 79.5. The monoisotopic (exact) mass is 1130 g/mol. The van der Waals surface area contributed by atoms with Crippen molar-refractivity contribution in [3.63, 3.8) is 0 Å². The number of hydrogen-bond donors (Lipinski definition) is 21. The molecule has 0 saturated carbocycles. The average Bonchev–Trinajstić information content (AvgIpc) is 3.45. The summed E-state index contributed by atoms with van der Waals surface area (Å²) in [5.41, 5.74) is 0. The molecule has 77 heavy (non-hydrogen) atoms. The molecule has 0 aliphatic carbocycles. The summed E-state index contributed by atoms with van der Waals surface area (Å²) in [6.07, 6.45) is -70.2. The van der Waals surface area contributed by atoms with Crippen LogP contribution in [0.4, 0.5) is 0 Å². The third-order valence-corrected chi connectivity index (χ3v) is 14.8. The lowest BCUT2D eigenvalue weighted by Gasteiger charge is -2.50. The summed E-state index contributed by atoms with van der Waals surface area (Å²) >= 11 is 0. The van der Waals surface area contributed by atoms with Gasteiger partial charge in [0.15, 0.2) is 44.0 Å². The minimum absolute atomic E-state index is 1.05. The van der Waals surface area contributed by atoms with Crippen molar-refractivity contribution in [1.29, 1.82) is 0 Å². The van der Waals surface area contributed by atoms with Crippen LogP contribution in [0.25, 0.3) is 0 Å². The highest BCUT2D eigenvalue weighted by Crippen LogP contribution is 2.39. The molecule has 21 fully saturated rings. The topological polar surface area (TPSA) is 554 Å². The van der Waals surface area contributed by atoms with Crippen LogP contribution in [0.15, 0.2) is 0 Å². The summed E-state index contributed by atoms with van der Waals surface area (Å²) in [6.45, 7) is -7.33. The zero-order valence-corrected chi connectivity index (χ0v) is 40.3. The molecular weight excluding hydrogens is 1060 g/mol. The van der Waals surface area contributed by atoms with Crippen LogP contribution in [0.3, 0.4) is 0 Å². The van der Waals surface area contributed by atoms with E-state index >= 15 is 0 Å². The van der Waals surface area contributed by atoms with Gasteiger partial charge < -0.3 is 174 Å². The van der Waals surface area contributed by atoms with Gasteiger partial charge in [-0.15, -0.1) is 0 Å². The number of aliphatic hydroxyl groups is 21. The van der Waals surface area contributed by atoms with Crippen LogP contribution in [0.5, 0.6) is 0 Å². The van der Waals surface area contributed by atoms with E-state index in [0.717, 1.165) is 0 Å². The normalized spacial score (nSPS) is 55.4. The Kier molecular flexibility index (Phi) is 20.8. The van der Waals surface area contributed by atoms with Crippen LogP contribution in [-0.2, 0) is 66.3 Å². The molecule has 21 aliphatic rings. The molecule has 21 heterocycles. The van der Waals surface area contributed by atoms with Gasteiger partial charge in [0.25, 0.3) is 0 Å². The minimum Gasteiger partial charge on any atom is -0.394 e. The molecule has 21 rings (SSSR count). The molecule has 21 aliphatic heterocycles. The molecule has 21 saturated heterocycles. The van der Waals surface area contributed by atoms with E-state index in [9.17, 15) is 107 Å². The lowest BCUT2D eigenvalue weighted by atomic mass is 9.95. The van der Waals surface area contributed by atoms with E-state index in [1.165, 1.54) is 0 Å². The quantitative estimate of drug-likeness (QED) is 0.113. The molecule has 35 atom stereocenters. The average molecular weight is 1130 g/mol. The van der Waals surface area contributed by atoms with Crippen LogP contribution < -0.4 is 0 Å². The van der Waals surface area contributed by atoms with Gasteiger partial charge in [0.1, 0.15) is 171 Å². The van der Waals surface area contributed by atoms with Crippen molar-refractivity contribution >= 4 is 0 Å². The third-order valence-electron chi connectivity index (χ3n) is 14.8. The lowest BCUT2D eigenvalue weighted by Crippen LogP contribution is -2.68. The van der Waals surface area contributed by atoms with Crippen molar-refractivity contribution in [1.82, 2.24) is 0 Å². The van der Waals surface area contributed by atoms with Crippen molar-refractivity contribution in [2.75, 3.05) is 46.2 Å².